The van der Waals surface area contributed by atoms with E-state index in [4.69, 9.17) is 11.6 Å². The van der Waals surface area contributed by atoms with Gasteiger partial charge in [0.2, 0.25) is 5.91 Å². The quantitative estimate of drug-likeness (QED) is 0.789. The number of nitrogens with zero attached hydrogens (tertiary/aromatic N) is 4. The van der Waals surface area contributed by atoms with Gasteiger partial charge in [0.1, 0.15) is 0 Å². The van der Waals surface area contributed by atoms with Gasteiger partial charge in [-0.2, -0.15) is 0 Å². The molecule has 148 valence electrons. The third-order valence-corrected chi connectivity index (χ3v) is 5.90. The Bertz CT molecular complexity index is 835. The molecule has 6 heteroatoms. The number of halogens is 1. The second kappa shape index (κ2) is 8.52. The van der Waals surface area contributed by atoms with Crippen LogP contribution in [0, 0.1) is 0 Å². The number of hydrogen-bond acceptors (Lipinski definition) is 4. The molecule has 1 fully saturated rings. The second-order valence-electron chi connectivity index (χ2n) is 7.56. The summed E-state index contributed by atoms with van der Waals surface area (Å²) in [7, 11) is 2.15. The molecule has 0 aliphatic carbocycles. The van der Waals surface area contributed by atoms with E-state index in [0.717, 1.165) is 61.4 Å². The van der Waals surface area contributed by atoms with Crippen molar-refractivity contribution in [2.24, 2.45) is 0 Å². The molecule has 5 nitrogen and oxygen atoms in total. The predicted octanol–water partition coefficient (Wildman–Crippen LogP) is 3.46. The normalized spacial score (nSPS) is 18.2. The first-order valence-corrected chi connectivity index (χ1v) is 10.3. The van der Waals surface area contributed by atoms with Crippen LogP contribution in [0.25, 0.3) is 0 Å². The van der Waals surface area contributed by atoms with Gasteiger partial charge in [0.05, 0.1) is 11.4 Å². The minimum Gasteiger partial charge on any atom is -0.338 e. The SMILES string of the molecule is CN1CCN(CCC(=O)N2CCN(c3cccc(Cl)c3)c3ccccc32)CC1. The van der Waals surface area contributed by atoms with Crippen LogP contribution in [0.5, 0.6) is 0 Å². The van der Waals surface area contributed by atoms with E-state index in [1.54, 1.807) is 0 Å². The van der Waals surface area contributed by atoms with Crippen LogP contribution in [0.15, 0.2) is 48.5 Å². The van der Waals surface area contributed by atoms with E-state index < -0.39 is 0 Å². The first-order valence-electron chi connectivity index (χ1n) is 9.95. The molecule has 2 aliphatic heterocycles. The molecule has 0 atom stereocenters. The Morgan fingerprint density at radius 1 is 0.929 bits per heavy atom. The maximum atomic E-state index is 13.0. The summed E-state index contributed by atoms with van der Waals surface area (Å²) in [6, 6.07) is 16.0. The molecule has 1 amide bonds. The zero-order chi connectivity index (χ0) is 19.5. The Labute approximate surface area is 172 Å². The summed E-state index contributed by atoms with van der Waals surface area (Å²) in [5.74, 6) is 0.206. The minimum atomic E-state index is 0.206. The van der Waals surface area contributed by atoms with E-state index in [2.05, 4.69) is 33.9 Å². The van der Waals surface area contributed by atoms with Crippen LogP contribution in [0.2, 0.25) is 5.02 Å². The monoisotopic (exact) mass is 398 g/mol. The molecule has 0 radical (unpaired) electrons. The summed E-state index contributed by atoms with van der Waals surface area (Å²) < 4.78 is 0. The summed E-state index contributed by atoms with van der Waals surface area (Å²) in [4.78, 5) is 21.9. The number of benzene rings is 2. The molecule has 0 spiro atoms. The summed E-state index contributed by atoms with van der Waals surface area (Å²) >= 11 is 6.20. The van der Waals surface area contributed by atoms with Crippen molar-refractivity contribution in [3.8, 4) is 0 Å². The first-order chi connectivity index (χ1) is 13.6. The van der Waals surface area contributed by atoms with E-state index in [9.17, 15) is 4.79 Å². The van der Waals surface area contributed by atoms with Crippen molar-refractivity contribution >= 4 is 34.6 Å². The summed E-state index contributed by atoms with van der Waals surface area (Å²) in [5, 5.41) is 0.723. The van der Waals surface area contributed by atoms with Gasteiger partial charge in [0.15, 0.2) is 0 Å². The van der Waals surface area contributed by atoms with Crippen LogP contribution >= 0.6 is 11.6 Å². The smallest absolute Gasteiger partial charge is 0.228 e. The Hall–Kier alpha value is -2.08. The van der Waals surface area contributed by atoms with E-state index in [0.29, 0.717) is 13.0 Å². The molecular weight excluding hydrogens is 372 g/mol. The molecule has 2 aliphatic rings. The molecule has 2 aromatic rings. The molecule has 0 aromatic heterocycles. The molecule has 1 saturated heterocycles. The van der Waals surface area contributed by atoms with Gasteiger partial charge in [0.25, 0.3) is 0 Å². The number of anilines is 3. The van der Waals surface area contributed by atoms with Crippen molar-refractivity contribution in [1.29, 1.82) is 0 Å². The molecule has 2 aromatic carbocycles. The largest absolute Gasteiger partial charge is 0.338 e. The highest BCUT2D eigenvalue weighted by Crippen LogP contribution is 2.38. The van der Waals surface area contributed by atoms with Gasteiger partial charge in [-0.05, 0) is 37.4 Å². The first kappa shape index (κ1) is 19.2. The fraction of sp³-hybridized carbons (Fsp3) is 0.409. The van der Waals surface area contributed by atoms with Crippen molar-refractivity contribution in [3.05, 3.63) is 53.6 Å². The summed E-state index contributed by atoms with van der Waals surface area (Å²) in [6.07, 6.45) is 0.565. The highest BCUT2D eigenvalue weighted by Gasteiger charge is 2.27. The average Bonchev–Trinajstić information content (AvgIpc) is 2.72. The van der Waals surface area contributed by atoms with Crippen LogP contribution in [0.1, 0.15) is 6.42 Å². The van der Waals surface area contributed by atoms with E-state index in [1.807, 2.05) is 41.3 Å². The fourth-order valence-electron chi connectivity index (χ4n) is 3.99. The Kier molecular flexibility index (Phi) is 5.85. The lowest BCUT2D eigenvalue weighted by Gasteiger charge is -2.38. The fourth-order valence-corrected chi connectivity index (χ4v) is 4.18. The molecule has 0 N–H and O–H groups in total. The van der Waals surface area contributed by atoms with Gasteiger partial charge in [-0.3, -0.25) is 4.79 Å². The van der Waals surface area contributed by atoms with Gasteiger partial charge < -0.3 is 19.6 Å². The maximum absolute atomic E-state index is 13.0. The second-order valence-corrected chi connectivity index (χ2v) is 8.00. The number of para-hydroxylation sites is 2. The number of amides is 1. The van der Waals surface area contributed by atoms with Gasteiger partial charge in [-0.25, -0.2) is 0 Å². The van der Waals surface area contributed by atoms with Crippen LogP contribution in [-0.4, -0.2) is 68.6 Å². The average molecular weight is 399 g/mol. The van der Waals surface area contributed by atoms with Crippen molar-refractivity contribution in [2.45, 2.75) is 6.42 Å². The number of fused-ring (bicyclic) bond motifs is 1. The summed E-state index contributed by atoms with van der Waals surface area (Å²) in [5.41, 5.74) is 3.10. The number of rotatable bonds is 4. The van der Waals surface area contributed by atoms with E-state index in [-0.39, 0.29) is 5.91 Å². The lowest BCUT2D eigenvalue weighted by atomic mass is 10.1. The van der Waals surface area contributed by atoms with Crippen molar-refractivity contribution < 1.29 is 4.79 Å². The Morgan fingerprint density at radius 2 is 1.68 bits per heavy atom. The number of piperazine rings is 1. The van der Waals surface area contributed by atoms with Crippen LogP contribution < -0.4 is 9.80 Å². The van der Waals surface area contributed by atoms with Gasteiger partial charge >= 0.3 is 0 Å². The zero-order valence-corrected chi connectivity index (χ0v) is 17.1. The predicted molar refractivity (Wildman–Crippen MR) is 116 cm³/mol. The molecule has 0 unspecified atom stereocenters. The Balaban J connectivity index is 1.48. The highest BCUT2D eigenvalue weighted by molar-refractivity contribution is 6.30. The molecule has 0 saturated carbocycles. The minimum absolute atomic E-state index is 0.206. The zero-order valence-electron chi connectivity index (χ0n) is 16.4. The number of hydrogen-bond donors (Lipinski definition) is 0. The molecular formula is C22H27ClN4O. The van der Waals surface area contributed by atoms with Gasteiger partial charge in [-0.15, -0.1) is 0 Å². The third-order valence-electron chi connectivity index (χ3n) is 5.67. The van der Waals surface area contributed by atoms with Crippen molar-refractivity contribution in [2.75, 3.05) is 62.7 Å². The molecule has 4 rings (SSSR count). The standard InChI is InChI=1S/C22H27ClN4O/c1-24-11-13-25(14-12-24)10-9-22(28)27-16-15-26(19-6-4-5-18(23)17-19)20-7-2-3-8-21(20)27/h2-8,17H,9-16H2,1H3. The Morgan fingerprint density at radius 3 is 2.43 bits per heavy atom. The van der Waals surface area contributed by atoms with E-state index in [1.165, 1.54) is 0 Å². The molecule has 2 heterocycles. The molecule has 28 heavy (non-hydrogen) atoms. The van der Waals surface area contributed by atoms with Gasteiger partial charge in [0, 0.05) is 62.9 Å². The molecule has 0 bridgehead atoms. The van der Waals surface area contributed by atoms with Crippen LogP contribution in [0.4, 0.5) is 17.1 Å². The van der Waals surface area contributed by atoms with Crippen LogP contribution in [-0.2, 0) is 4.79 Å². The lowest BCUT2D eigenvalue weighted by Crippen LogP contribution is -2.47. The van der Waals surface area contributed by atoms with Crippen LogP contribution in [0.3, 0.4) is 0 Å². The van der Waals surface area contributed by atoms with Gasteiger partial charge in [-0.1, -0.05) is 29.8 Å². The van der Waals surface area contributed by atoms with Crippen molar-refractivity contribution in [1.82, 2.24) is 9.80 Å². The topological polar surface area (TPSA) is 30.0 Å². The number of carbonyl (C=O) groups is 1. The maximum Gasteiger partial charge on any atom is 0.228 e. The summed E-state index contributed by atoms with van der Waals surface area (Å²) in [6.45, 7) is 6.53. The van der Waals surface area contributed by atoms with Crippen molar-refractivity contribution in [3.63, 3.8) is 0 Å². The third kappa shape index (κ3) is 4.17. The number of likely N-dealkylation sites (N-methyl/N-ethyl adjacent to an activating group) is 1. The van der Waals surface area contributed by atoms with E-state index >= 15 is 0 Å². The number of carbonyl (C=O) groups excluding carboxylic acids is 1. The highest BCUT2D eigenvalue weighted by atomic mass is 35.5. The lowest BCUT2D eigenvalue weighted by molar-refractivity contribution is -0.119.